The third kappa shape index (κ3) is 4.76. The van der Waals surface area contributed by atoms with Crippen molar-refractivity contribution in [3.05, 3.63) is 97.6 Å². The van der Waals surface area contributed by atoms with Gasteiger partial charge in [-0.2, -0.15) is 0 Å². The number of anilines is 3. The van der Waals surface area contributed by atoms with E-state index in [1.165, 1.54) is 18.2 Å². The Kier molecular flexibility index (Phi) is 6.86. The molecule has 0 saturated heterocycles. The minimum atomic E-state index is -0.675. The summed E-state index contributed by atoms with van der Waals surface area (Å²) in [5.74, 6) is -1.74. The Morgan fingerprint density at radius 3 is 2.29 bits per heavy atom. The number of benzene rings is 3. The van der Waals surface area contributed by atoms with E-state index in [2.05, 4.69) is 10.6 Å². The van der Waals surface area contributed by atoms with E-state index in [1.807, 2.05) is 0 Å². The number of hydrogen-bond donors (Lipinski definition) is 2. The highest BCUT2D eigenvalue weighted by Gasteiger charge is 2.39. The lowest BCUT2D eigenvalue weighted by Crippen LogP contribution is -2.32. The van der Waals surface area contributed by atoms with Crippen LogP contribution in [0, 0.1) is 6.92 Å². The Balaban J connectivity index is 1.56. The highest BCUT2D eigenvalue weighted by molar-refractivity contribution is 6.53. The predicted molar refractivity (Wildman–Crippen MR) is 136 cm³/mol. The summed E-state index contributed by atoms with van der Waals surface area (Å²) in [4.78, 5) is 39.5. The highest BCUT2D eigenvalue weighted by Crippen LogP contribution is 2.33. The molecule has 3 amide bonds. The number of rotatable bonds is 5. The number of aryl methyl sites for hydroxylation is 1. The second-order valence-corrected chi connectivity index (χ2v) is 9.01. The van der Waals surface area contributed by atoms with E-state index in [4.69, 9.17) is 46.4 Å². The van der Waals surface area contributed by atoms with Gasteiger partial charge in [0, 0.05) is 21.3 Å². The average Bonchev–Trinajstić information content (AvgIpc) is 3.00. The van der Waals surface area contributed by atoms with E-state index in [0.29, 0.717) is 37.7 Å². The van der Waals surface area contributed by atoms with Crippen LogP contribution in [-0.2, 0) is 9.59 Å². The normalized spacial score (nSPS) is 13.5. The molecule has 1 heterocycles. The van der Waals surface area contributed by atoms with Gasteiger partial charge in [0.2, 0.25) is 0 Å². The molecule has 0 radical (unpaired) electrons. The van der Waals surface area contributed by atoms with Gasteiger partial charge in [-0.25, -0.2) is 4.90 Å². The fourth-order valence-electron chi connectivity index (χ4n) is 3.32. The summed E-state index contributed by atoms with van der Waals surface area (Å²) in [7, 11) is 0. The van der Waals surface area contributed by atoms with E-state index >= 15 is 0 Å². The van der Waals surface area contributed by atoms with E-state index < -0.39 is 17.7 Å². The molecule has 0 atom stereocenters. The zero-order chi connectivity index (χ0) is 24.6. The molecule has 1 aliphatic heterocycles. The quantitative estimate of drug-likeness (QED) is 0.359. The fraction of sp³-hybridized carbons (Fsp3) is 0.0417. The monoisotopic (exact) mass is 533 g/mol. The van der Waals surface area contributed by atoms with E-state index in [0.717, 1.165) is 4.90 Å². The van der Waals surface area contributed by atoms with Crippen LogP contribution in [0.15, 0.2) is 71.4 Å². The van der Waals surface area contributed by atoms with Crippen molar-refractivity contribution in [1.29, 1.82) is 0 Å². The first-order valence-electron chi connectivity index (χ1n) is 9.84. The summed E-state index contributed by atoms with van der Waals surface area (Å²) >= 11 is 24.3. The minimum absolute atomic E-state index is 0.107. The first-order chi connectivity index (χ1) is 16.2. The molecule has 10 heteroatoms. The largest absolute Gasteiger partial charge is 0.350 e. The van der Waals surface area contributed by atoms with Crippen LogP contribution in [0.25, 0.3) is 0 Å². The van der Waals surface area contributed by atoms with Gasteiger partial charge in [0.1, 0.15) is 10.7 Å². The lowest BCUT2D eigenvalue weighted by atomic mass is 10.1. The SMILES string of the molecule is Cc1ccc(Cl)cc1N1C(=O)C(Cl)=C(Nc2cccc(C(=O)Nc3ccc(Cl)cc3Cl)c2)C1=O. The molecule has 0 fully saturated rings. The molecular weight excluding hydrogens is 520 g/mol. The summed E-state index contributed by atoms with van der Waals surface area (Å²) in [6.45, 7) is 1.75. The van der Waals surface area contributed by atoms with Gasteiger partial charge in [-0.1, -0.05) is 58.5 Å². The van der Waals surface area contributed by atoms with Crippen LogP contribution in [0.2, 0.25) is 15.1 Å². The Hall–Kier alpha value is -3.03. The van der Waals surface area contributed by atoms with Gasteiger partial charge in [0.15, 0.2) is 0 Å². The van der Waals surface area contributed by atoms with Crippen molar-refractivity contribution in [3.63, 3.8) is 0 Å². The highest BCUT2D eigenvalue weighted by atomic mass is 35.5. The molecule has 172 valence electrons. The number of halogens is 4. The molecule has 0 saturated carbocycles. The molecule has 3 aromatic rings. The molecule has 1 aliphatic rings. The van der Waals surface area contributed by atoms with Crippen molar-refractivity contribution in [3.8, 4) is 0 Å². The van der Waals surface area contributed by atoms with Crippen LogP contribution in [0.3, 0.4) is 0 Å². The second-order valence-electron chi connectivity index (χ2n) is 7.35. The molecule has 6 nitrogen and oxygen atoms in total. The van der Waals surface area contributed by atoms with Crippen molar-refractivity contribution in [2.24, 2.45) is 0 Å². The van der Waals surface area contributed by atoms with Crippen LogP contribution in [0.4, 0.5) is 17.1 Å². The molecule has 0 aromatic heterocycles. The maximum Gasteiger partial charge on any atom is 0.283 e. The third-order valence-electron chi connectivity index (χ3n) is 5.01. The van der Waals surface area contributed by atoms with E-state index in [-0.39, 0.29) is 16.3 Å². The van der Waals surface area contributed by atoms with Gasteiger partial charge in [0.25, 0.3) is 17.7 Å². The summed E-state index contributed by atoms with van der Waals surface area (Å²) in [5.41, 5.74) is 1.97. The van der Waals surface area contributed by atoms with Gasteiger partial charge in [0.05, 0.1) is 16.4 Å². The van der Waals surface area contributed by atoms with Crippen molar-refractivity contribution < 1.29 is 14.4 Å². The van der Waals surface area contributed by atoms with Gasteiger partial charge in [-0.3, -0.25) is 14.4 Å². The smallest absolute Gasteiger partial charge is 0.283 e. The first kappa shape index (κ1) is 24.1. The summed E-state index contributed by atoms with van der Waals surface area (Å²) in [5, 5.41) is 6.40. The van der Waals surface area contributed by atoms with Crippen LogP contribution >= 0.6 is 46.4 Å². The lowest BCUT2D eigenvalue weighted by molar-refractivity contribution is -0.120. The van der Waals surface area contributed by atoms with Crippen molar-refractivity contribution in [1.82, 2.24) is 0 Å². The van der Waals surface area contributed by atoms with Crippen LogP contribution < -0.4 is 15.5 Å². The zero-order valence-electron chi connectivity index (χ0n) is 17.5. The molecule has 0 unspecified atom stereocenters. The van der Waals surface area contributed by atoms with E-state index in [1.54, 1.807) is 49.4 Å². The molecule has 0 spiro atoms. The number of amides is 3. The summed E-state index contributed by atoms with van der Waals surface area (Å²) in [6, 6.07) is 15.9. The topological polar surface area (TPSA) is 78.5 Å². The molecule has 2 N–H and O–H groups in total. The standard InChI is InChI=1S/C24H15Cl4N3O3/c1-12-5-6-15(26)11-19(12)31-23(33)20(28)21(24(31)34)29-16-4-2-3-13(9-16)22(32)30-18-8-7-14(25)10-17(18)27/h2-11,29H,1H3,(H,30,32). The Labute approximate surface area is 215 Å². The van der Waals surface area contributed by atoms with Crippen LogP contribution in [0.1, 0.15) is 15.9 Å². The minimum Gasteiger partial charge on any atom is -0.350 e. The van der Waals surface area contributed by atoms with Gasteiger partial charge < -0.3 is 10.6 Å². The Bertz CT molecular complexity index is 1390. The number of nitrogens with zero attached hydrogens (tertiary/aromatic N) is 1. The molecule has 34 heavy (non-hydrogen) atoms. The summed E-state index contributed by atoms with van der Waals surface area (Å²) < 4.78 is 0. The fourth-order valence-corrected chi connectivity index (χ4v) is 4.16. The number of imide groups is 1. The number of carbonyl (C=O) groups excluding carboxylic acids is 3. The number of carbonyl (C=O) groups is 3. The zero-order valence-corrected chi connectivity index (χ0v) is 20.5. The van der Waals surface area contributed by atoms with Gasteiger partial charge in [-0.15, -0.1) is 0 Å². The van der Waals surface area contributed by atoms with Crippen LogP contribution in [0.5, 0.6) is 0 Å². The van der Waals surface area contributed by atoms with Gasteiger partial charge >= 0.3 is 0 Å². The van der Waals surface area contributed by atoms with Crippen LogP contribution in [-0.4, -0.2) is 17.7 Å². The molecule has 0 bridgehead atoms. The van der Waals surface area contributed by atoms with Crippen molar-refractivity contribution >= 4 is 81.2 Å². The van der Waals surface area contributed by atoms with Crippen molar-refractivity contribution in [2.75, 3.05) is 15.5 Å². The predicted octanol–water partition coefficient (Wildman–Crippen LogP) is 6.64. The molecule has 0 aliphatic carbocycles. The van der Waals surface area contributed by atoms with Gasteiger partial charge in [-0.05, 0) is 61.0 Å². The Morgan fingerprint density at radius 1 is 0.853 bits per heavy atom. The lowest BCUT2D eigenvalue weighted by Gasteiger charge is -2.18. The molecular formula is C24H15Cl4N3O3. The maximum absolute atomic E-state index is 13.1. The average molecular weight is 535 g/mol. The first-order valence-corrected chi connectivity index (χ1v) is 11.3. The number of nitrogens with one attached hydrogen (secondary N) is 2. The number of hydrogen-bond acceptors (Lipinski definition) is 4. The summed E-state index contributed by atoms with van der Waals surface area (Å²) in [6.07, 6.45) is 0. The Morgan fingerprint density at radius 2 is 1.56 bits per heavy atom. The maximum atomic E-state index is 13.1. The molecule has 4 rings (SSSR count). The third-order valence-corrected chi connectivity index (χ3v) is 6.15. The second kappa shape index (κ2) is 9.68. The van der Waals surface area contributed by atoms with E-state index in [9.17, 15) is 14.4 Å². The molecule has 3 aromatic carbocycles. The van der Waals surface area contributed by atoms with Crippen molar-refractivity contribution in [2.45, 2.75) is 6.92 Å².